The second-order valence-corrected chi connectivity index (χ2v) is 0.929. The van der Waals surface area contributed by atoms with Crippen LogP contribution in [0.2, 0.25) is 0 Å². The average Bonchev–Trinajstić information content (AvgIpc) is 1.97. The Balaban J connectivity index is 2.65. The van der Waals surface area contributed by atoms with Crippen molar-refractivity contribution in [3.8, 4) is 0 Å². The zero-order valence-electron chi connectivity index (χ0n) is 4.76. The quantitative estimate of drug-likeness (QED) is 0.296. The van der Waals surface area contributed by atoms with E-state index in [4.69, 9.17) is 10.5 Å². The average molecular weight is 158 g/mol. The van der Waals surface area contributed by atoms with Crippen LogP contribution in [0.25, 0.3) is 0 Å². The summed E-state index contributed by atoms with van der Waals surface area (Å²) < 4.78 is 0. The molecule has 0 fully saturated rings. The molecule has 0 heterocycles. The Labute approximate surface area is 54.9 Å². The topological polar surface area (TPSA) is 95.8 Å². The second-order valence-electron chi connectivity index (χ2n) is 0.929. The summed E-state index contributed by atoms with van der Waals surface area (Å²) in [6.45, 7) is -0.158. The molecule has 0 aromatic heterocycles. The van der Waals surface area contributed by atoms with Gasteiger partial charge < -0.3 is 0 Å². The highest BCUT2D eigenvalue weighted by molar-refractivity contribution is 4.13. The van der Waals surface area contributed by atoms with Crippen molar-refractivity contribution in [2.24, 2.45) is 0 Å². The lowest BCUT2D eigenvalue weighted by Crippen LogP contribution is -2.04. The van der Waals surface area contributed by atoms with Crippen molar-refractivity contribution in [2.75, 3.05) is 13.2 Å². The van der Waals surface area contributed by atoms with Crippen LogP contribution in [0.4, 0.5) is 0 Å². The molecule has 0 saturated carbocycles. The van der Waals surface area contributed by atoms with Gasteiger partial charge in [0.15, 0.2) is 0 Å². The summed E-state index contributed by atoms with van der Waals surface area (Å²) in [6.07, 6.45) is 0. The first-order valence-corrected chi connectivity index (χ1v) is 2.11. The lowest BCUT2D eigenvalue weighted by atomic mass is 10.8. The van der Waals surface area contributed by atoms with Crippen LogP contribution in [0.15, 0.2) is 0 Å². The minimum absolute atomic E-state index is 0.0781. The molecule has 8 heteroatoms. The van der Waals surface area contributed by atoms with Gasteiger partial charge in [-0.1, -0.05) is 5.04 Å². The van der Waals surface area contributed by atoms with E-state index in [-0.39, 0.29) is 13.2 Å². The molecule has 0 aliphatic rings. The third kappa shape index (κ3) is 7.68. The van der Waals surface area contributed by atoms with Gasteiger partial charge in [0, 0.05) is 0 Å². The molecule has 0 aliphatic heterocycles. The Morgan fingerprint density at radius 3 is 2.10 bits per heavy atom. The minimum Gasteiger partial charge on any atom is -0.221 e. The largest absolute Gasteiger partial charge is 0.221 e. The van der Waals surface area contributed by atoms with Gasteiger partial charge in [0.2, 0.25) is 0 Å². The predicted octanol–water partition coefficient (Wildman–Crippen LogP) is -0.308. The van der Waals surface area contributed by atoms with E-state index in [1.807, 2.05) is 0 Å². The van der Waals surface area contributed by atoms with E-state index in [1.54, 1.807) is 0 Å². The molecule has 0 radical (unpaired) electrons. The molecule has 0 atom stereocenters. The molecule has 0 unspecified atom stereocenters. The Hall–Kier alpha value is -0.320. The lowest BCUT2D eigenvalue weighted by molar-refractivity contribution is -0.703. The zero-order chi connectivity index (χ0) is 7.66. The highest BCUT2D eigenvalue weighted by Crippen LogP contribution is 1.81. The van der Waals surface area contributed by atoms with Gasteiger partial charge in [-0.15, -0.1) is 0 Å². The van der Waals surface area contributed by atoms with Gasteiger partial charge in [0.05, 0.1) is 0 Å². The number of hydrogen-bond acceptors (Lipinski definition) is 8. The van der Waals surface area contributed by atoms with Crippen LogP contribution in [0.1, 0.15) is 0 Å². The highest BCUT2D eigenvalue weighted by atomic mass is 17.8. The fourth-order valence-electron chi connectivity index (χ4n) is 0.171. The van der Waals surface area contributed by atoms with E-state index in [9.17, 15) is 0 Å². The van der Waals surface area contributed by atoms with E-state index in [2.05, 4.69) is 29.9 Å². The maximum absolute atomic E-state index is 7.55. The van der Waals surface area contributed by atoms with Gasteiger partial charge in [-0.3, -0.25) is 0 Å². The maximum Gasteiger partial charge on any atom is 0.112 e. The molecule has 8 nitrogen and oxygen atoms in total. The molecule has 0 rings (SSSR count). The predicted molar refractivity (Wildman–Crippen MR) is 21.5 cm³/mol. The molecule has 2 N–H and O–H groups in total. The SMILES string of the molecule is OOOCCOOOOO. The van der Waals surface area contributed by atoms with E-state index in [1.165, 1.54) is 0 Å². The Kier molecular flexibility index (Phi) is 8.40. The zero-order valence-corrected chi connectivity index (χ0v) is 4.76. The first-order chi connectivity index (χ1) is 4.91. The fraction of sp³-hybridized carbons (Fsp3) is 1.00. The van der Waals surface area contributed by atoms with Crippen LogP contribution in [0.5, 0.6) is 0 Å². The summed E-state index contributed by atoms with van der Waals surface area (Å²) in [7, 11) is 0. The van der Waals surface area contributed by atoms with Crippen LogP contribution < -0.4 is 0 Å². The summed E-state index contributed by atoms with van der Waals surface area (Å²) in [6, 6.07) is 0. The van der Waals surface area contributed by atoms with Crippen LogP contribution in [-0.4, -0.2) is 23.7 Å². The van der Waals surface area contributed by atoms with Crippen molar-refractivity contribution in [1.82, 2.24) is 0 Å². The van der Waals surface area contributed by atoms with Gasteiger partial charge in [0.25, 0.3) is 0 Å². The van der Waals surface area contributed by atoms with E-state index in [0.29, 0.717) is 0 Å². The lowest BCUT2D eigenvalue weighted by Gasteiger charge is -1.96. The normalized spacial score (nSPS) is 10.2. The van der Waals surface area contributed by atoms with E-state index in [0.717, 1.165) is 0 Å². The van der Waals surface area contributed by atoms with Crippen molar-refractivity contribution in [1.29, 1.82) is 0 Å². The van der Waals surface area contributed by atoms with Crippen LogP contribution in [0.3, 0.4) is 0 Å². The Morgan fingerprint density at radius 1 is 0.800 bits per heavy atom. The molecular formula is C2H6O8. The van der Waals surface area contributed by atoms with Crippen molar-refractivity contribution >= 4 is 0 Å². The molecule has 0 bridgehead atoms. The number of hydrogen-bond donors (Lipinski definition) is 2. The summed E-state index contributed by atoms with van der Waals surface area (Å²) >= 11 is 0. The van der Waals surface area contributed by atoms with Crippen LogP contribution in [0, 0.1) is 0 Å². The third-order valence-electron chi connectivity index (χ3n) is 0.409. The standard InChI is InChI=1S/C2H6O8/c3-7-5-1-2-6-9-10-8-4/h3-4H,1-2H2. The van der Waals surface area contributed by atoms with Crippen LogP contribution in [-0.2, 0) is 29.9 Å². The van der Waals surface area contributed by atoms with Gasteiger partial charge >= 0.3 is 0 Å². The fourth-order valence-corrected chi connectivity index (χ4v) is 0.171. The Bertz CT molecular complexity index is 47.2. The molecule has 0 saturated heterocycles. The highest BCUT2D eigenvalue weighted by Gasteiger charge is 1.90. The van der Waals surface area contributed by atoms with Crippen molar-refractivity contribution in [3.63, 3.8) is 0 Å². The van der Waals surface area contributed by atoms with Gasteiger partial charge in [-0.05, 0) is 15.1 Å². The summed E-state index contributed by atoms with van der Waals surface area (Å²) in [5.41, 5.74) is 0. The second kappa shape index (κ2) is 8.68. The summed E-state index contributed by atoms with van der Waals surface area (Å²) in [5, 5.41) is 28.2. The minimum atomic E-state index is -0.0794. The van der Waals surface area contributed by atoms with Crippen LogP contribution >= 0.6 is 0 Å². The first kappa shape index (κ1) is 9.68. The van der Waals surface area contributed by atoms with E-state index < -0.39 is 0 Å². The molecule has 0 amide bonds. The summed E-state index contributed by atoms with van der Waals surface area (Å²) in [5.74, 6) is 0. The molecular weight excluding hydrogens is 152 g/mol. The maximum atomic E-state index is 7.55. The smallest absolute Gasteiger partial charge is 0.112 e. The Morgan fingerprint density at radius 2 is 1.50 bits per heavy atom. The van der Waals surface area contributed by atoms with Gasteiger partial charge in [-0.2, -0.15) is 0 Å². The monoisotopic (exact) mass is 158 g/mol. The molecule has 0 aliphatic carbocycles. The molecule has 0 spiro atoms. The number of rotatable bonds is 7. The van der Waals surface area contributed by atoms with Gasteiger partial charge in [-0.25, -0.2) is 20.3 Å². The first-order valence-electron chi connectivity index (χ1n) is 2.11. The summed E-state index contributed by atoms with van der Waals surface area (Å²) in [4.78, 5) is 7.96. The van der Waals surface area contributed by atoms with Crippen molar-refractivity contribution in [3.05, 3.63) is 0 Å². The van der Waals surface area contributed by atoms with Crippen molar-refractivity contribution < 1.29 is 40.4 Å². The van der Waals surface area contributed by atoms with Gasteiger partial charge in [0.1, 0.15) is 13.2 Å². The molecule has 0 aromatic carbocycles. The molecule has 10 heavy (non-hydrogen) atoms. The third-order valence-corrected chi connectivity index (χ3v) is 0.409. The molecule has 0 aromatic rings. The van der Waals surface area contributed by atoms with E-state index >= 15 is 0 Å². The molecule has 62 valence electrons. The van der Waals surface area contributed by atoms with Crippen molar-refractivity contribution in [2.45, 2.75) is 0 Å².